The Kier molecular flexibility index (Phi) is 4.33. The van der Waals surface area contributed by atoms with Crippen molar-refractivity contribution < 1.29 is 9.18 Å². The van der Waals surface area contributed by atoms with E-state index in [1.165, 1.54) is 18.2 Å². The van der Waals surface area contributed by atoms with Crippen LogP contribution in [0.5, 0.6) is 0 Å². The Balaban J connectivity index is 2.36. The van der Waals surface area contributed by atoms with Crippen LogP contribution in [-0.2, 0) is 0 Å². The molecule has 0 unspecified atom stereocenters. The molecule has 0 fully saturated rings. The molecule has 2 aromatic rings. The van der Waals surface area contributed by atoms with E-state index in [-0.39, 0.29) is 10.9 Å². The van der Waals surface area contributed by atoms with Crippen molar-refractivity contribution in [2.45, 2.75) is 13.8 Å². The molecule has 0 spiro atoms. The number of amides is 1. The lowest BCUT2D eigenvalue weighted by Crippen LogP contribution is -2.18. The summed E-state index contributed by atoms with van der Waals surface area (Å²) in [5.74, 6) is -0.733. The standard InChI is InChI=1S/C16H15FN2OS/c1-9-3-4-10(2)12(7-9)16(20)19-14-6-5-11(17)8-13(14)15(18)21/h3-8H,1-2H3,(H2,18,21)(H,19,20). The second-order valence-corrected chi connectivity index (χ2v) is 5.27. The highest BCUT2D eigenvalue weighted by Gasteiger charge is 2.13. The van der Waals surface area contributed by atoms with Gasteiger partial charge in [0.05, 0.1) is 5.69 Å². The highest BCUT2D eigenvalue weighted by Crippen LogP contribution is 2.19. The summed E-state index contributed by atoms with van der Waals surface area (Å²) < 4.78 is 13.3. The van der Waals surface area contributed by atoms with Gasteiger partial charge < -0.3 is 11.1 Å². The highest BCUT2D eigenvalue weighted by molar-refractivity contribution is 7.80. The van der Waals surface area contributed by atoms with Crippen molar-refractivity contribution in [1.82, 2.24) is 0 Å². The number of aryl methyl sites for hydroxylation is 2. The van der Waals surface area contributed by atoms with Crippen LogP contribution in [0.25, 0.3) is 0 Å². The molecule has 0 bridgehead atoms. The Labute approximate surface area is 128 Å². The van der Waals surface area contributed by atoms with E-state index in [0.717, 1.165) is 11.1 Å². The van der Waals surface area contributed by atoms with Crippen molar-refractivity contribution in [3.05, 3.63) is 64.5 Å². The first-order valence-electron chi connectivity index (χ1n) is 6.36. The number of anilines is 1. The Morgan fingerprint density at radius 3 is 2.52 bits per heavy atom. The first kappa shape index (κ1) is 15.1. The predicted molar refractivity (Wildman–Crippen MR) is 86.2 cm³/mol. The van der Waals surface area contributed by atoms with E-state index in [4.69, 9.17) is 18.0 Å². The Hall–Kier alpha value is -2.27. The molecule has 21 heavy (non-hydrogen) atoms. The fourth-order valence-corrected chi connectivity index (χ4v) is 2.17. The Morgan fingerprint density at radius 1 is 1.14 bits per heavy atom. The van der Waals surface area contributed by atoms with Gasteiger partial charge in [0.2, 0.25) is 0 Å². The molecular weight excluding hydrogens is 287 g/mol. The number of hydrogen-bond donors (Lipinski definition) is 2. The van der Waals surface area contributed by atoms with Crippen LogP contribution in [0.1, 0.15) is 27.0 Å². The fraction of sp³-hybridized carbons (Fsp3) is 0.125. The average molecular weight is 302 g/mol. The summed E-state index contributed by atoms with van der Waals surface area (Å²) in [7, 11) is 0. The van der Waals surface area contributed by atoms with Gasteiger partial charge in [-0.3, -0.25) is 4.79 Å². The zero-order valence-electron chi connectivity index (χ0n) is 11.7. The van der Waals surface area contributed by atoms with Crippen molar-refractivity contribution in [3.8, 4) is 0 Å². The van der Waals surface area contributed by atoms with Crippen molar-refractivity contribution >= 4 is 28.8 Å². The fourth-order valence-electron chi connectivity index (χ4n) is 2.00. The third kappa shape index (κ3) is 3.44. The van der Waals surface area contributed by atoms with E-state index >= 15 is 0 Å². The Bertz CT molecular complexity index is 728. The van der Waals surface area contributed by atoms with Crippen molar-refractivity contribution in [2.24, 2.45) is 5.73 Å². The molecule has 0 saturated heterocycles. The minimum absolute atomic E-state index is 0.0331. The summed E-state index contributed by atoms with van der Waals surface area (Å²) in [5, 5.41) is 2.73. The van der Waals surface area contributed by atoms with Crippen molar-refractivity contribution in [1.29, 1.82) is 0 Å². The Morgan fingerprint density at radius 2 is 1.86 bits per heavy atom. The molecule has 2 aromatic carbocycles. The molecule has 0 aliphatic carbocycles. The van der Waals surface area contributed by atoms with E-state index in [0.29, 0.717) is 16.8 Å². The van der Waals surface area contributed by atoms with Crippen LogP contribution in [0.3, 0.4) is 0 Å². The van der Waals surface area contributed by atoms with Gasteiger partial charge >= 0.3 is 0 Å². The number of carbonyl (C=O) groups is 1. The van der Waals surface area contributed by atoms with E-state index in [2.05, 4.69) is 5.32 Å². The molecule has 0 radical (unpaired) electrons. The van der Waals surface area contributed by atoms with Crippen molar-refractivity contribution in [3.63, 3.8) is 0 Å². The van der Waals surface area contributed by atoms with Gasteiger partial charge in [-0.05, 0) is 43.7 Å². The van der Waals surface area contributed by atoms with E-state index < -0.39 is 5.82 Å². The third-order valence-corrected chi connectivity index (χ3v) is 3.35. The van der Waals surface area contributed by atoms with Crippen LogP contribution in [0.15, 0.2) is 36.4 Å². The summed E-state index contributed by atoms with van der Waals surface area (Å²) in [6.07, 6.45) is 0. The summed E-state index contributed by atoms with van der Waals surface area (Å²) in [6, 6.07) is 9.52. The number of nitrogens with one attached hydrogen (secondary N) is 1. The summed E-state index contributed by atoms with van der Waals surface area (Å²) >= 11 is 4.89. The van der Waals surface area contributed by atoms with Crippen LogP contribution >= 0.6 is 12.2 Å². The number of rotatable bonds is 3. The zero-order valence-corrected chi connectivity index (χ0v) is 12.6. The van der Waals surface area contributed by atoms with Gasteiger partial charge in [0.1, 0.15) is 10.8 Å². The minimum atomic E-state index is -0.456. The first-order chi connectivity index (χ1) is 9.88. The monoisotopic (exact) mass is 302 g/mol. The summed E-state index contributed by atoms with van der Waals surface area (Å²) in [4.78, 5) is 12.4. The first-order valence-corrected chi connectivity index (χ1v) is 6.77. The number of halogens is 1. The van der Waals surface area contributed by atoms with Crippen LogP contribution in [0.2, 0.25) is 0 Å². The van der Waals surface area contributed by atoms with E-state index in [1.807, 2.05) is 26.0 Å². The van der Waals surface area contributed by atoms with Crippen LogP contribution < -0.4 is 11.1 Å². The number of hydrogen-bond acceptors (Lipinski definition) is 2. The molecule has 0 saturated carbocycles. The minimum Gasteiger partial charge on any atom is -0.389 e. The third-order valence-electron chi connectivity index (χ3n) is 3.13. The van der Waals surface area contributed by atoms with E-state index in [1.54, 1.807) is 6.07 Å². The zero-order chi connectivity index (χ0) is 15.6. The van der Waals surface area contributed by atoms with E-state index in [9.17, 15) is 9.18 Å². The molecule has 1 amide bonds. The van der Waals surface area contributed by atoms with Crippen molar-refractivity contribution in [2.75, 3.05) is 5.32 Å². The molecule has 3 nitrogen and oxygen atoms in total. The van der Waals surface area contributed by atoms with Gasteiger partial charge in [-0.25, -0.2) is 4.39 Å². The molecule has 0 atom stereocenters. The van der Waals surface area contributed by atoms with Gasteiger partial charge in [-0.2, -0.15) is 0 Å². The smallest absolute Gasteiger partial charge is 0.255 e. The van der Waals surface area contributed by atoms with Gasteiger partial charge in [-0.1, -0.05) is 29.9 Å². The molecule has 0 heterocycles. The second kappa shape index (κ2) is 6.01. The summed E-state index contributed by atoms with van der Waals surface area (Å²) in [6.45, 7) is 3.77. The maximum atomic E-state index is 13.3. The quantitative estimate of drug-likeness (QED) is 0.855. The van der Waals surface area contributed by atoms with Gasteiger partial charge in [-0.15, -0.1) is 0 Å². The van der Waals surface area contributed by atoms with Gasteiger partial charge in [0.15, 0.2) is 0 Å². The topological polar surface area (TPSA) is 55.1 Å². The molecule has 5 heteroatoms. The average Bonchev–Trinajstić information content (AvgIpc) is 2.43. The normalized spacial score (nSPS) is 10.2. The highest BCUT2D eigenvalue weighted by atomic mass is 32.1. The lowest BCUT2D eigenvalue weighted by atomic mass is 10.0. The molecule has 3 N–H and O–H groups in total. The molecular formula is C16H15FN2OS. The molecule has 0 aliphatic heterocycles. The van der Waals surface area contributed by atoms with Crippen LogP contribution in [0.4, 0.5) is 10.1 Å². The lowest BCUT2D eigenvalue weighted by Gasteiger charge is -2.12. The summed E-state index contributed by atoms with van der Waals surface area (Å²) in [5.41, 5.74) is 8.68. The lowest BCUT2D eigenvalue weighted by molar-refractivity contribution is 0.102. The van der Waals surface area contributed by atoms with Gasteiger partial charge in [0.25, 0.3) is 5.91 Å². The molecule has 2 rings (SSSR count). The largest absolute Gasteiger partial charge is 0.389 e. The predicted octanol–water partition coefficient (Wildman–Crippen LogP) is 3.33. The number of nitrogens with two attached hydrogens (primary N) is 1. The number of carbonyl (C=O) groups excluding carboxylic acids is 1. The van der Waals surface area contributed by atoms with Gasteiger partial charge in [0, 0.05) is 11.1 Å². The molecule has 108 valence electrons. The second-order valence-electron chi connectivity index (χ2n) is 4.83. The molecule has 0 aliphatic rings. The SMILES string of the molecule is Cc1ccc(C)c(C(=O)Nc2ccc(F)cc2C(N)=S)c1. The van der Waals surface area contributed by atoms with Crippen LogP contribution in [-0.4, -0.2) is 10.9 Å². The molecule has 0 aromatic heterocycles. The maximum Gasteiger partial charge on any atom is 0.255 e. The number of thiocarbonyl (C=S) groups is 1. The maximum absolute atomic E-state index is 13.3. The number of benzene rings is 2. The van der Waals surface area contributed by atoms with Crippen LogP contribution in [0, 0.1) is 19.7 Å².